The molecule has 0 N–H and O–H groups in total. The topological polar surface area (TPSA) is 0 Å². The molecule has 60 valence electrons. The molecule has 0 saturated heterocycles. The zero-order chi connectivity index (χ0) is 7.66. The van der Waals surface area contributed by atoms with Gasteiger partial charge in [0.2, 0.25) is 0 Å². The molecule has 10 heavy (non-hydrogen) atoms. The van der Waals surface area contributed by atoms with Crippen LogP contribution in [0.2, 0.25) is 0 Å². The third-order valence-electron chi connectivity index (χ3n) is 1.41. The Bertz CT molecular complexity index is 76.8. The second kappa shape index (κ2) is 9.22. The van der Waals surface area contributed by atoms with Crippen molar-refractivity contribution >= 4 is 15.9 Å². The van der Waals surface area contributed by atoms with E-state index in [1.165, 1.54) is 32.1 Å². The van der Waals surface area contributed by atoms with E-state index in [1.54, 1.807) is 0 Å². The highest BCUT2D eigenvalue weighted by atomic mass is 79.9. The predicted octanol–water partition coefficient (Wildman–Crippen LogP) is 3.91. The molecule has 0 rings (SSSR count). The highest BCUT2D eigenvalue weighted by Gasteiger charge is 1.83. The van der Waals surface area contributed by atoms with E-state index in [1.807, 2.05) is 0 Å². The monoisotopic (exact) mass is 204 g/mol. The van der Waals surface area contributed by atoms with Crippen LogP contribution in [-0.2, 0) is 0 Å². The molecular formula is C9H17Br. The number of hydrogen-bond donors (Lipinski definition) is 0. The van der Waals surface area contributed by atoms with Crippen LogP contribution in [-0.4, -0.2) is 5.33 Å². The van der Waals surface area contributed by atoms with Gasteiger partial charge in [-0.05, 0) is 25.7 Å². The Balaban J connectivity index is 2.83. The van der Waals surface area contributed by atoms with Crippen molar-refractivity contribution in [2.45, 2.75) is 39.0 Å². The molecule has 0 atom stereocenters. The molecule has 0 bridgehead atoms. The third kappa shape index (κ3) is 8.22. The maximum atomic E-state index is 3.41. The summed E-state index contributed by atoms with van der Waals surface area (Å²) in [6.45, 7) is 2.18. The van der Waals surface area contributed by atoms with Crippen LogP contribution in [0.25, 0.3) is 0 Å². The van der Waals surface area contributed by atoms with E-state index in [0.29, 0.717) is 0 Å². The third-order valence-corrected chi connectivity index (χ3v) is 1.97. The Kier molecular flexibility index (Phi) is 9.42. The van der Waals surface area contributed by atoms with E-state index in [0.717, 1.165) is 5.33 Å². The first-order valence-electron chi connectivity index (χ1n) is 4.12. The van der Waals surface area contributed by atoms with E-state index in [4.69, 9.17) is 0 Å². The Morgan fingerprint density at radius 2 is 1.90 bits per heavy atom. The fourth-order valence-electron chi connectivity index (χ4n) is 0.818. The quantitative estimate of drug-likeness (QED) is 0.350. The Morgan fingerprint density at radius 1 is 1.10 bits per heavy atom. The lowest BCUT2D eigenvalue weighted by molar-refractivity contribution is 0.736. The Hall–Kier alpha value is 0.220. The van der Waals surface area contributed by atoms with Crippen LogP contribution in [0, 0.1) is 0 Å². The fraction of sp³-hybridized carbons (Fsp3) is 0.778. The fourth-order valence-corrected chi connectivity index (χ4v) is 1.21. The minimum Gasteiger partial charge on any atom is -0.0928 e. The van der Waals surface area contributed by atoms with Gasteiger partial charge in [-0.25, -0.2) is 0 Å². The molecule has 0 aromatic carbocycles. The van der Waals surface area contributed by atoms with Crippen LogP contribution in [0.5, 0.6) is 0 Å². The summed E-state index contributed by atoms with van der Waals surface area (Å²) in [5.41, 5.74) is 0. The largest absolute Gasteiger partial charge is 0.0928 e. The number of alkyl halides is 1. The van der Waals surface area contributed by atoms with E-state index in [2.05, 4.69) is 35.0 Å². The molecular weight excluding hydrogens is 188 g/mol. The standard InChI is InChI=1S/C9H17Br/c1-2-3-4-5-6-7-8-9-10/h3-4H,2,5-9H2,1H3/b4-3+. The van der Waals surface area contributed by atoms with Gasteiger partial charge in [0, 0.05) is 5.33 Å². The van der Waals surface area contributed by atoms with Crippen molar-refractivity contribution in [2.75, 3.05) is 5.33 Å². The van der Waals surface area contributed by atoms with Gasteiger partial charge in [-0.2, -0.15) is 0 Å². The van der Waals surface area contributed by atoms with E-state index in [9.17, 15) is 0 Å². The molecule has 0 amide bonds. The Morgan fingerprint density at radius 3 is 2.50 bits per heavy atom. The molecule has 0 fully saturated rings. The highest BCUT2D eigenvalue weighted by molar-refractivity contribution is 9.09. The van der Waals surface area contributed by atoms with Gasteiger partial charge in [0.15, 0.2) is 0 Å². The molecule has 0 aromatic heterocycles. The van der Waals surface area contributed by atoms with Crippen molar-refractivity contribution < 1.29 is 0 Å². The van der Waals surface area contributed by atoms with Crippen LogP contribution < -0.4 is 0 Å². The van der Waals surface area contributed by atoms with Gasteiger partial charge in [0.25, 0.3) is 0 Å². The second-order valence-corrected chi connectivity index (χ2v) is 3.21. The average Bonchev–Trinajstić information content (AvgIpc) is 1.97. The summed E-state index contributed by atoms with van der Waals surface area (Å²) in [6.07, 6.45) is 11.0. The van der Waals surface area contributed by atoms with Crippen LogP contribution in [0.15, 0.2) is 12.2 Å². The van der Waals surface area contributed by atoms with Crippen molar-refractivity contribution in [3.05, 3.63) is 12.2 Å². The highest BCUT2D eigenvalue weighted by Crippen LogP contribution is 2.02. The van der Waals surface area contributed by atoms with Crippen LogP contribution in [0.4, 0.5) is 0 Å². The Labute approximate surface area is 72.8 Å². The van der Waals surface area contributed by atoms with Crippen molar-refractivity contribution in [3.63, 3.8) is 0 Å². The van der Waals surface area contributed by atoms with Gasteiger partial charge in [-0.3, -0.25) is 0 Å². The summed E-state index contributed by atoms with van der Waals surface area (Å²) in [6, 6.07) is 0. The predicted molar refractivity (Wildman–Crippen MR) is 51.7 cm³/mol. The average molecular weight is 205 g/mol. The molecule has 0 aliphatic carbocycles. The molecule has 0 spiro atoms. The van der Waals surface area contributed by atoms with Gasteiger partial charge in [-0.1, -0.05) is 41.4 Å². The molecule has 0 nitrogen and oxygen atoms in total. The van der Waals surface area contributed by atoms with Crippen LogP contribution in [0.3, 0.4) is 0 Å². The number of unbranched alkanes of at least 4 members (excludes halogenated alkanes) is 3. The van der Waals surface area contributed by atoms with Crippen molar-refractivity contribution in [1.29, 1.82) is 0 Å². The minimum atomic E-state index is 1.16. The van der Waals surface area contributed by atoms with Crippen molar-refractivity contribution in [2.24, 2.45) is 0 Å². The first-order valence-corrected chi connectivity index (χ1v) is 5.25. The van der Waals surface area contributed by atoms with Crippen LogP contribution in [0.1, 0.15) is 39.0 Å². The molecule has 0 aromatic rings. The molecule has 0 aliphatic heterocycles. The first-order chi connectivity index (χ1) is 4.91. The summed E-state index contributed by atoms with van der Waals surface area (Å²) in [5.74, 6) is 0. The van der Waals surface area contributed by atoms with E-state index >= 15 is 0 Å². The smallest absolute Gasteiger partial charge is 0.00313 e. The minimum absolute atomic E-state index is 1.16. The molecule has 0 unspecified atom stereocenters. The van der Waals surface area contributed by atoms with Gasteiger partial charge in [0.1, 0.15) is 0 Å². The maximum absolute atomic E-state index is 3.41. The number of hydrogen-bond acceptors (Lipinski definition) is 0. The van der Waals surface area contributed by atoms with Crippen molar-refractivity contribution in [3.8, 4) is 0 Å². The maximum Gasteiger partial charge on any atom is 0.00313 e. The summed E-state index contributed by atoms with van der Waals surface area (Å²) in [5, 5.41) is 1.16. The van der Waals surface area contributed by atoms with Gasteiger partial charge < -0.3 is 0 Å². The molecule has 0 aliphatic rings. The summed E-state index contributed by atoms with van der Waals surface area (Å²) in [7, 11) is 0. The lowest BCUT2D eigenvalue weighted by Crippen LogP contribution is -1.75. The molecule has 0 saturated carbocycles. The lowest BCUT2D eigenvalue weighted by Gasteiger charge is -1.92. The molecule has 0 radical (unpaired) electrons. The SMILES string of the molecule is CC/C=C/CCCCCBr. The van der Waals surface area contributed by atoms with E-state index < -0.39 is 0 Å². The first kappa shape index (κ1) is 10.2. The summed E-state index contributed by atoms with van der Waals surface area (Å²) < 4.78 is 0. The normalized spacial score (nSPS) is 11.0. The molecule has 0 heterocycles. The zero-order valence-electron chi connectivity index (χ0n) is 6.78. The van der Waals surface area contributed by atoms with Crippen molar-refractivity contribution in [1.82, 2.24) is 0 Å². The zero-order valence-corrected chi connectivity index (χ0v) is 8.36. The number of halogens is 1. The number of allylic oxidation sites excluding steroid dienone is 2. The number of rotatable bonds is 6. The van der Waals surface area contributed by atoms with Crippen LogP contribution >= 0.6 is 15.9 Å². The second-order valence-electron chi connectivity index (χ2n) is 2.42. The summed E-state index contributed by atoms with van der Waals surface area (Å²) >= 11 is 3.41. The van der Waals surface area contributed by atoms with Gasteiger partial charge >= 0.3 is 0 Å². The van der Waals surface area contributed by atoms with E-state index in [-0.39, 0.29) is 0 Å². The van der Waals surface area contributed by atoms with Gasteiger partial charge in [0.05, 0.1) is 0 Å². The molecule has 1 heteroatoms. The lowest BCUT2D eigenvalue weighted by atomic mass is 10.2. The van der Waals surface area contributed by atoms with Gasteiger partial charge in [-0.15, -0.1) is 0 Å². The summed E-state index contributed by atoms with van der Waals surface area (Å²) in [4.78, 5) is 0.